The first-order valence-electron chi connectivity index (χ1n) is 9.98. The van der Waals surface area contributed by atoms with Crippen molar-refractivity contribution in [1.29, 1.82) is 0 Å². The summed E-state index contributed by atoms with van der Waals surface area (Å²) in [6, 6.07) is 13.8. The van der Waals surface area contributed by atoms with E-state index >= 15 is 0 Å². The molecule has 1 amide bonds. The lowest BCUT2D eigenvalue weighted by Crippen LogP contribution is -2.47. The molecule has 0 unspecified atom stereocenters. The minimum atomic E-state index is -0.0301. The molecule has 0 spiro atoms. The van der Waals surface area contributed by atoms with Crippen molar-refractivity contribution in [3.63, 3.8) is 0 Å². The van der Waals surface area contributed by atoms with Crippen LogP contribution in [-0.2, 0) is 22.6 Å². The number of hydrogen-bond acceptors (Lipinski definition) is 5. The van der Waals surface area contributed by atoms with Crippen LogP contribution >= 0.6 is 0 Å². The van der Waals surface area contributed by atoms with E-state index in [-0.39, 0.29) is 18.1 Å². The number of piperazine rings is 1. The zero-order chi connectivity index (χ0) is 21.1. The molecule has 0 aliphatic carbocycles. The molecule has 2 aromatic carbocycles. The molecular formula is C24H24N4O2. The number of hydrogen-bond donors (Lipinski definition) is 0. The summed E-state index contributed by atoms with van der Waals surface area (Å²) in [7, 11) is 1.83. The van der Waals surface area contributed by atoms with Crippen LogP contribution in [0.3, 0.4) is 0 Å². The van der Waals surface area contributed by atoms with E-state index in [1.54, 1.807) is 11.1 Å². The summed E-state index contributed by atoms with van der Waals surface area (Å²) < 4.78 is 0. The monoisotopic (exact) mass is 400 g/mol. The Labute approximate surface area is 175 Å². The van der Waals surface area contributed by atoms with Crippen LogP contribution < -0.4 is 0 Å². The summed E-state index contributed by atoms with van der Waals surface area (Å²) in [5.74, 6) is 0.0947. The maximum absolute atomic E-state index is 12.1. The molecule has 1 fully saturated rings. The fourth-order valence-corrected chi connectivity index (χ4v) is 3.67. The Hall–Kier alpha value is -3.38. The van der Waals surface area contributed by atoms with E-state index in [0.29, 0.717) is 13.1 Å². The molecule has 1 aromatic heterocycles. The highest BCUT2D eigenvalue weighted by molar-refractivity contribution is 5.91. The predicted octanol–water partition coefficient (Wildman–Crippen LogP) is 2.87. The van der Waals surface area contributed by atoms with Gasteiger partial charge < -0.3 is 4.90 Å². The lowest BCUT2D eigenvalue weighted by molar-refractivity contribution is -0.134. The average molecular weight is 400 g/mol. The zero-order valence-electron chi connectivity index (χ0n) is 17.0. The van der Waals surface area contributed by atoms with Gasteiger partial charge in [-0.25, -0.2) is 4.98 Å². The van der Waals surface area contributed by atoms with Crippen LogP contribution in [-0.4, -0.2) is 58.1 Å². The van der Waals surface area contributed by atoms with Crippen LogP contribution in [0.15, 0.2) is 61.3 Å². The molecule has 1 aliphatic heterocycles. The number of ketones is 1. The van der Waals surface area contributed by atoms with Crippen molar-refractivity contribution in [3.8, 4) is 11.3 Å². The topological polar surface area (TPSA) is 66.4 Å². The average Bonchev–Trinajstić information content (AvgIpc) is 2.75. The van der Waals surface area contributed by atoms with Gasteiger partial charge in [0.1, 0.15) is 0 Å². The van der Waals surface area contributed by atoms with Gasteiger partial charge in [-0.3, -0.25) is 19.5 Å². The summed E-state index contributed by atoms with van der Waals surface area (Å²) in [6.07, 6.45) is 3.40. The number of aromatic nitrogens is 2. The maximum Gasteiger partial charge on any atom is 0.236 e. The summed E-state index contributed by atoms with van der Waals surface area (Å²) in [5, 5.41) is 0. The molecule has 152 valence electrons. The molecule has 1 saturated heterocycles. The second kappa shape index (κ2) is 8.55. The van der Waals surface area contributed by atoms with Gasteiger partial charge in [-0.1, -0.05) is 24.8 Å². The van der Waals surface area contributed by atoms with E-state index in [1.165, 1.54) is 6.08 Å². The number of nitrogens with zero attached hydrogens (tertiary/aromatic N) is 4. The molecule has 6 nitrogen and oxygen atoms in total. The third-order valence-electron chi connectivity index (χ3n) is 5.35. The van der Waals surface area contributed by atoms with E-state index in [1.807, 2.05) is 43.4 Å². The first-order valence-corrected chi connectivity index (χ1v) is 9.98. The van der Waals surface area contributed by atoms with Gasteiger partial charge in [0, 0.05) is 38.7 Å². The summed E-state index contributed by atoms with van der Waals surface area (Å²) in [5.41, 5.74) is 5.30. The lowest BCUT2D eigenvalue weighted by atomic mass is 9.99. The van der Waals surface area contributed by atoms with Gasteiger partial charge in [-0.2, -0.15) is 0 Å². The van der Waals surface area contributed by atoms with Crippen LogP contribution in [0.25, 0.3) is 22.3 Å². The predicted molar refractivity (Wildman–Crippen MR) is 117 cm³/mol. The van der Waals surface area contributed by atoms with Gasteiger partial charge in [0.2, 0.25) is 5.91 Å². The molecule has 0 bridgehead atoms. The molecule has 3 aromatic rings. The number of amides is 1. The highest BCUT2D eigenvalue weighted by Crippen LogP contribution is 2.24. The first kappa shape index (κ1) is 19.9. The molecule has 0 radical (unpaired) electrons. The van der Waals surface area contributed by atoms with E-state index < -0.39 is 0 Å². The minimum absolute atomic E-state index is 0.0301. The number of rotatable bonds is 6. The Morgan fingerprint density at radius 3 is 2.67 bits per heavy atom. The van der Waals surface area contributed by atoms with Crippen molar-refractivity contribution >= 4 is 22.7 Å². The van der Waals surface area contributed by atoms with Gasteiger partial charge in [0.25, 0.3) is 0 Å². The number of carbonyl (C=O) groups excluding carboxylic acids is 2. The Morgan fingerprint density at radius 2 is 1.90 bits per heavy atom. The fraction of sp³-hybridized carbons (Fsp3) is 0.250. The third kappa shape index (κ3) is 4.44. The van der Waals surface area contributed by atoms with Gasteiger partial charge in [0.15, 0.2) is 5.78 Å². The molecule has 30 heavy (non-hydrogen) atoms. The van der Waals surface area contributed by atoms with Crippen LogP contribution in [0.1, 0.15) is 11.1 Å². The van der Waals surface area contributed by atoms with E-state index in [2.05, 4.69) is 22.5 Å². The van der Waals surface area contributed by atoms with Gasteiger partial charge in [0.05, 0.1) is 29.5 Å². The Morgan fingerprint density at radius 1 is 1.13 bits per heavy atom. The smallest absolute Gasteiger partial charge is 0.236 e. The van der Waals surface area contributed by atoms with Gasteiger partial charge in [-0.15, -0.1) is 0 Å². The highest BCUT2D eigenvalue weighted by Gasteiger charge is 2.21. The summed E-state index contributed by atoms with van der Waals surface area (Å²) in [4.78, 5) is 37.2. The van der Waals surface area contributed by atoms with E-state index in [4.69, 9.17) is 4.98 Å². The van der Waals surface area contributed by atoms with Crippen molar-refractivity contribution in [2.24, 2.45) is 0 Å². The lowest BCUT2D eigenvalue weighted by Gasteiger charge is -2.32. The molecule has 4 rings (SSSR count). The molecule has 0 saturated carbocycles. The van der Waals surface area contributed by atoms with Crippen molar-refractivity contribution < 1.29 is 9.59 Å². The SMILES string of the molecule is C=CC(=O)Cc1cc(CN2CCN(C)C(=O)C2)cc(-c2cnc3ccccc3n2)c1. The Balaban J connectivity index is 1.68. The van der Waals surface area contributed by atoms with Crippen molar-refractivity contribution in [1.82, 2.24) is 19.8 Å². The quantitative estimate of drug-likeness (QED) is 0.595. The second-order valence-electron chi connectivity index (χ2n) is 7.66. The molecule has 0 atom stereocenters. The van der Waals surface area contributed by atoms with Crippen LogP contribution in [0.2, 0.25) is 0 Å². The maximum atomic E-state index is 12.1. The number of allylic oxidation sites excluding steroid dienone is 1. The zero-order valence-corrected chi connectivity index (χ0v) is 17.0. The fourth-order valence-electron chi connectivity index (χ4n) is 3.67. The molecule has 1 aliphatic rings. The van der Waals surface area contributed by atoms with Crippen LogP contribution in [0, 0.1) is 0 Å². The summed E-state index contributed by atoms with van der Waals surface area (Å²) in [6.45, 7) is 6.16. The first-order chi connectivity index (χ1) is 14.5. The number of fused-ring (bicyclic) bond motifs is 1. The van der Waals surface area contributed by atoms with E-state index in [0.717, 1.165) is 46.5 Å². The van der Waals surface area contributed by atoms with Crippen LogP contribution in [0.4, 0.5) is 0 Å². The summed E-state index contributed by atoms with van der Waals surface area (Å²) >= 11 is 0. The number of para-hydroxylation sites is 2. The van der Waals surface area contributed by atoms with Gasteiger partial charge >= 0.3 is 0 Å². The molecule has 2 heterocycles. The number of carbonyl (C=O) groups is 2. The molecule has 0 N–H and O–H groups in total. The highest BCUT2D eigenvalue weighted by atomic mass is 16.2. The number of likely N-dealkylation sites (N-methyl/N-ethyl adjacent to an activating group) is 1. The van der Waals surface area contributed by atoms with Crippen molar-refractivity contribution in [2.75, 3.05) is 26.7 Å². The minimum Gasteiger partial charge on any atom is -0.343 e. The Kier molecular flexibility index (Phi) is 5.68. The molecule has 6 heteroatoms. The van der Waals surface area contributed by atoms with Crippen molar-refractivity contribution in [3.05, 3.63) is 72.4 Å². The van der Waals surface area contributed by atoms with E-state index in [9.17, 15) is 9.59 Å². The standard InChI is InChI=1S/C24H24N4O2/c1-3-20(29)13-17-10-18(15-28-9-8-27(2)24(30)16-28)12-19(11-17)23-14-25-21-6-4-5-7-22(21)26-23/h3-7,10-12,14H,1,8-9,13,15-16H2,2H3. The van der Waals surface area contributed by atoms with Crippen molar-refractivity contribution in [2.45, 2.75) is 13.0 Å². The Bertz CT molecular complexity index is 1130. The van der Waals surface area contributed by atoms with Gasteiger partial charge in [-0.05, 0) is 41.5 Å². The van der Waals surface area contributed by atoms with Crippen LogP contribution in [0.5, 0.6) is 0 Å². The molecular weight excluding hydrogens is 376 g/mol. The largest absolute Gasteiger partial charge is 0.343 e. The third-order valence-corrected chi connectivity index (χ3v) is 5.35. The number of benzene rings is 2. The second-order valence-corrected chi connectivity index (χ2v) is 7.66. The normalized spacial score (nSPS) is 14.8.